The van der Waals surface area contributed by atoms with Gasteiger partial charge in [0.25, 0.3) is 0 Å². The van der Waals surface area contributed by atoms with Gasteiger partial charge < -0.3 is 9.73 Å². The van der Waals surface area contributed by atoms with Gasteiger partial charge in [0.15, 0.2) is 11.5 Å². The van der Waals surface area contributed by atoms with Crippen molar-refractivity contribution in [1.82, 2.24) is 4.98 Å². The largest absolute Gasteiger partial charge is 0.440 e. The molecule has 0 radical (unpaired) electrons. The second kappa shape index (κ2) is 4.68. The molecule has 4 heteroatoms. The Morgan fingerprint density at radius 2 is 2.21 bits per heavy atom. The van der Waals surface area contributed by atoms with Gasteiger partial charge >= 0.3 is 0 Å². The normalized spacial score (nSPS) is 15.7. The quantitative estimate of drug-likeness (QED) is 0.913. The maximum absolute atomic E-state index is 11.9. The molecule has 1 fully saturated rings. The van der Waals surface area contributed by atoms with Crippen LogP contribution in [0.4, 0.5) is 5.69 Å². The van der Waals surface area contributed by atoms with Gasteiger partial charge in [-0.3, -0.25) is 4.79 Å². The maximum atomic E-state index is 11.9. The van der Waals surface area contributed by atoms with Crippen molar-refractivity contribution in [2.45, 2.75) is 39.0 Å². The molecular weight excluding hydrogens is 240 g/mol. The summed E-state index contributed by atoms with van der Waals surface area (Å²) in [4.78, 5) is 16.3. The molecule has 1 heterocycles. The average Bonchev–Trinajstić information content (AvgIpc) is 2.69. The number of amides is 1. The average molecular weight is 258 g/mol. The highest BCUT2D eigenvalue weighted by Crippen LogP contribution is 2.28. The van der Waals surface area contributed by atoms with Crippen molar-refractivity contribution in [2.24, 2.45) is 5.92 Å². The molecule has 1 aromatic carbocycles. The van der Waals surface area contributed by atoms with Crippen LogP contribution in [0.15, 0.2) is 22.6 Å². The summed E-state index contributed by atoms with van der Waals surface area (Å²) in [5.41, 5.74) is 2.37. The molecule has 1 aromatic heterocycles. The summed E-state index contributed by atoms with van der Waals surface area (Å²) in [6.45, 7) is 4.09. The lowest BCUT2D eigenvalue weighted by Gasteiger charge is -2.23. The molecule has 1 N–H and O–H groups in total. The standard InChI is InChI=1S/C15H18N2O2/c1-9(2)15-17-12-8-11(6-7-13(12)19-15)16-14(18)10-4-3-5-10/h6-10H,3-5H2,1-2H3,(H,16,18). The number of carbonyl (C=O) groups is 1. The molecule has 100 valence electrons. The molecule has 0 saturated heterocycles. The van der Waals surface area contributed by atoms with Crippen molar-refractivity contribution in [3.8, 4) is 0 Å². The van der Waals surface area contributed by atoms with Gasteiger partial charge in [0.1, 0.15) is 5.52 Å². The van der Waals surface area contributed by atoms with E-state index in [9.17, 15) is 4.79 Å². The number of nitrogens with zero attached hydrogens (tertiary/aromatic N) is 1. The number of oxazole rings is 1. The highest BCUT2D eigenvalue weighted by molar-refractivity contribution is 5.94. The second-order valence-corrected chi connectivity index (χ2v) is 5.51. The van der Waals surface area contributed by atoms with Gasteiger partial charge in [0.2, 0.25) is 5.91 Å². The predicted octanol–water partition coefficient (Wildman–Crippen LogP) is 3.69. The van der Waals surface area contributed by atoms with Gasteiger partial charge in [-0.15, -0.1) is 0 Å². The fraction of sp³-hybridized carbons (Fsp3) is 0.467. The number of benzene rings is 1. The zero-order chi connectivity index (χ0) is 13.4. The summed E-state index contributed by atoms with van der Waals surface area (Å²) in [7, 11) is 0. The number of nitrogens with one attached hydrogen (secondary N) is 1. The first kappa shape index (κ1) is 12.2. The van der Waals surface area contributed by atoms with Crippen molar-refractivity contribution >= 4 is 22.7 Å². The Hall–Kier alpha value is -1.84. The lowest BCUT2D eigenvalue weighted by Crippen LogP contribution is -2.27. The van der Waals surface area contributed by atoms with Crippen LogP contribution >= 0.6 is 0 Å². The Balaban J connectivity index is 1.82. The van der Waals surface area contributed by atoms with Gasteiger partial charge in [-0.2, -0.15) is 0 Å². The van der Waals surface area contributed by atoms with Crippen molar-refractivity contribution < 1.29 is 9.21 Å². The summed E-state index contributed by atoms with van der Waals surface area (Å²) in [6, 6.07) is 5.61. The molecule has 1 amide bonds. The highest BCUT2D eigenvalue weighted by Gasteiger charge is 2.25. The van der Waals surface area contributed by atoms with Crippen LogP contribution in [0.3, 0.4) is 0 Å². The molecule has 1 aliphatic carbocycles. The van der Waals surface area contributed by atoms with E-state index >= 15 is 0 Å². The Labute approximate surface area is 112 Å². The zero-order valence-electron chi connectivity index (χ0n) is 11.3. The minimum absolute atomic E-state index is 0.123. The number of hydrogen-bond donors (Lipinski definition) is 1. The molecule has 0 spiro atoms. The second-order valence-electron chi connectivity index (χ2n) is 5.51. The molecular formula is C15H18N2O2. The topological polar surface area (TPSA) is 55.1 Å². The van der Waals surface area contributed by atoms with Crippen LogP contribution in [0.5, 0.6) is 0 Å². The molecule has 0 bridgehead atoms. The number of hydrogen-bond acceptors (Lipinski definition) is 3. The third-order valence-electron chi connectivity index (χ3n) is 3.64. The Morgan fingerprint density at radius 1 is 1.42 bits per heavy atom. The number of carbonyl (C=O) groups excluding carboxylic acids is 1. The number of rotatable bonds is 3. The van der Waals surface area contributed by atoms with Crippen LogP contribution in [0.1, 0.15) is 44.9 Å². The first-order valence-electron chi connectivity index (χ1n) is 6.85. The van der Waals surface area contributed by atoms with Crippen molar-refractivity contribution in [3.63, 3.8) is 0 Å². The van der Waals surface area contributed by atoms with E-state index in [0.29, 0.717) is 0 Å². The van der Waals surface area contributed by atoms with Crippen LogP contribution < -0.4 is 5.32 Å². The Morgan fingerprint density at radius 3 is 2.84 bits per heavy atom. The number of anilines is 1. The van der Waals surface area contributed by atoms with Crippen molar-refractivity contribution in [3.05, 3.63) is 24.1 Å². The fourth-order valence-corrected chi connectivity index (χ4v) is 2.18. The van der Waals surface area contributed by atoms with Crippen LogP contribution in [0, 0.1) is 5.92 Å². The summed E-state index contributed by atoms with van der Waals surface area (Å²) in [6.07, 6.45) is 3.18. The number of fused-ring (bicyclic) bond motifs is 1. The number of aromatic nitrogens is 1. The maximum Gasteiger partial charge on any atom is 0.227 e. The van der Waals surface area contributed by atoms with E-state index in [4.69, 9.17) is 4.42 Å². The van der Waals surface area contributed by atoms with Gasteiger partial charge in [-0.25, -0.2) is 4.98 Å². The fourth-order valence-electron chi connectivity index (χ4n) is 2.18. The molecule has 0 aliphatic heterocycles. The molecule has 4 nitrogen and oxygen atoms in total. The van der Waals surface area contributed by atoms with Crippen molar-refractivity contribution in [1.29, 1.82) is 0 Å². The van der Waals surface area contributed by atoms with Crippen LogP contribution in [0.2, 0.25) is 0 Å². The van der Waals surface area contributed by atoms with E-state index in [1.165, 1.54) is 0 Å². The third kappa shape index (κ3) is 2.35. The van der Waals surface area contributed by atoms with Crippen molar-refractivity contribution in [2.75, 3.05) is 5.32 Å². The van der Waals surface area contributed by atoms with Gasteiger partial charge in [0, 0.05) is 17.5 Å². The molecule has 1 saturated carbocycles. The van der Waals surface area contributed by atoms with Crippen LogP contribution in [0.25, 0.3) is 11.1 Å². The molecule has 2 aromatic rings. The van der Waals surface area contributed by atoms with Gasteiger partial charge in [-0.05, 0) is 31.0 Å². The van der Waals surface area contributed by atoms with E-state index in [2.05, 4.69) is 10.3 Å². The monoisotopic (exact) mass is 258 g/mol. The molecule has 0 atom stereocenters. The predicted molar refractivity (Wildman–Crippen MR) is 74.1 cm³/mol. The smallest absolute Gasteiger partial charge is 0.227 e. The first-order valence-corrected chi connectivity index (χ1v) is 6.85. The molecule has 3 rings (SSSR count). The van der Waals surface area contributed by atoms with Crippen LogP contribution in [-0.4, -0.2) is 10.9 Å². The molecule has 0 unspecified atom stereocenters. The lowest BCUT2D eigenvalue weighted by molar-refractivity contribution is -0.122. The summed E-state index contributed by atoms with van der Waals surface area (Å²) in [5, 5.41) is 2.95. The zero-order valence-corrected chi connectivity index (χ0v) is 11.3. The Bertz CT molecular complexity index is 612. The Kier molecular flexibility index (Phi) is 3.01. The van der Waals surface area contributed by atoms with E-state index in [1.54, 1.807) is 0 Å². The van der Waals surface area contributed by atoms with Gasteiger partial charge in [-0.1, -0.05) is 20.3 Å². The van der Waals surface area contributed by atoms with E-state index in [1.807, 2.05) is 32.0 Å². The van der Waals surface area contributed by atoms with Gasteiger partial charge in [0.05, 0.1) is 0 Å². The lowest BCUT2D eigenvalue weighted by atomic mass is 9.85. The highest BCUT2D eigenvalue weighted by atomic mass is 16.3. The van der Waals surface area contributed by atoms with E-state index < -0.39 is 0 Å². The summed E-state index contributed by atoms with van der Waals surface area (Å²) in [5.74, 6) is 1.32. The SMILES string of the molecule is CC(C)c1nc2cc(NC(=O)C3CCC3)ccc2o1. The molecule has 19 heavy (non-hydrogen) atoms. The summed E-state index contributed by atoms with van der Waals surface area (Å²) >= 11 is 0. The third-order valence-corrected chi connectivity index (χ3v) is 3.64. The van der Waals surface area contributed by atoms with E-state index in [0.717, 1.165) is 41.9 Å². The summed E-state index contributed by atoms with van der Waals surface area (Å²) < 4.78 is 5.65. The minimum Gasteiger partial charge on any atom is -0.440 e. The molecule has 1 aliphatic rings. The van der Waals surface area contributed by atoms with E-state index in [-0.39, 0.29) is 17.7 Å². The van der Waals surface area contributed by atoms with Crippen LogP contribution in [-0.2, 0) is 4.79 Å². The minimum atomic E-state index is 0.123. The first-order chi connectivity index (χ1) is 9.13.